The minimum Gasteiger partial charge on any atom is -0.364 e. The van der Waals surface area contributed by atoms with Gasteiger partial charge in [-0.05, 0) is 30.7 Å². The minimum atomic E-state index is -4.87. The summed E-state index contributed by atoms with van der Waals surface area (Å²) in [4.78, 5) is 28.1. The third-order valence-corrected chi connectivity index (χ3v) is 5.94. The molecule has 1 saturated heterocycles. The van der Waals surface area contributed by atoms with Gasteiger partial charge in [-0.3, -0.25) is 14.6 Å². The average Bonchev–Trinajstić information content (AvgIpc) is 3.02. The molecular weight excluding hydrogens is 449 g/mol. The molecule has 11 heteroatoms. The van der Waals surface area contributed by atoms with Gasteiger partial charge in [0.1, 0.15) is 11.8 Å². The highest BCUT2D eigenvalue weighted by Crippen LogP contribution is 2.54. The first-order valence-electron chi connectivity index (χ1n) is 9.73. The number of amides is 2. The molecule has 0 spiro atoms. The van der Waals surface area contributed by atoms with Crippen LogP contribution in [0.25, 0.3) is 6.08 Å². The molecule has 4 atom stereocenters. The van der Waals surface area contributed by atoms with Crippen LogP contribution in [-0.2, 0) is 9.53 Å². The number of aromatic nitrogens is 1. The quantitative estimate of drug-likeness (QED) is 0.643. The molecule has 1 aliphatic rings. The molecule has 1 aromatic heterocycles. The Labute approximate surface area is 185 Å². The number of carbonyl (C=O) groups excluding carboxylic acids is 2. The second-order valence-corrected chi connectivity index (χ2v) is 7.81. The lowest BCUT2D eigenvalue weighted by Crippen LogP contribution is -2.47. The van der Waals surface area contributed by atoms with Crippen LogP contribution < -0.4 is 11.1 Å². The van der Waals surface area contributed by atoms with E-state index in [4.69, 9.17) is 10.5 Å². The highest BCUT2D eigenvalue weighted by Gasteiger charge is 2.65. The van der Waals surface area contributed by atoms with Gasteiger partial charge >= 0.3 is 6.18 Å². The molecule has 0 saturated carbocycles. The molecule has 0 aliphatic carbocycles. The molecular formula is C22H20F5N3O3. The number of alkyl halides is 3. The third kappa shape index (κ3) is 4.20. The molecule has 2 aromatic rings. The van der Waals surface area contributed by atoms with Crippen molar-refractivity contribution in [2.75, 3.05) is 5.32 Å². The molecule has 1 aromatic carbocycles. The fourth-order valence-corrected chi connectivity index (χ4v) is 3.96. The van der Waals surface area contributed by atoms with Gasteiger partial charge in [-0.15, -0.1) is 0 Å². The van der Waals surface area contributed by atoms with Gasteiger partial charge in [0.2, 0.25) is 0 Å². The van der Waals surface area contributed by atoms with Gasteiger partial charge in [0.25, 0.3) is 11.8 Å². The number of rotatable bonds is 5. The molecule has 0 unspecified atom stereocenters. The van der Waals surface area contributed by atoms with Crippen LogP contribution in [0.15, 0.2) is 37.0 Å². The van der Waals surface area contributed by atoms with E-state index in [1.807, 2.05) is 0 Å². The lowest BCUT2D eigenvalue weighted by molar-refractivity contribution is -0.272. The summed E-state index contributed by atoms with van der Waals surface area (Å²) in [5.74, 6) is -7.05. The topological polar surface area (TPSA) is 94.3 Å². The van der Waals surface area contributed by atoms with Gasteiger partial charge in [0.15, 0.2) is 17.2 Å². The Hall–Kier alpha value is -3.34. The maximum atomic E-state index is 14.4. The van der Waals surface area contributed by atoms with Crippen molar-refractivity contribution in [3.8, 4) is 0 Å². The summed E-state index contributed by atoms with van der Waals surface area (Å²) < 4.78 is 75.3. The summed E-state index contributed by atoms with van der Waals surface area (Å²) in [6, 6.07) is 4.32. The second-order valence-electron chi connectivity index (χ2n) is 7.81. The van der Waals surface area contributed by atoms with Crippen LogP contribution in [0.4, 0.5) is 27.6 Å². The van der Waals surface area contributed by atoms with Crippen LogP contribution in [0, 0.1) is 17.6 Å². The monoisotopic (exact) mass is 469 g/mol. The van der Waals surface area contributed by atoms with Gasteiger partial charge < -0.3 is 15.8 Å². The number of hydrogen-bond donors (Lipinski definition) is 2. The largest absolute Gasteiger partial charge is 0.417 e. The molecule has 1 fully saturated rings. The fourth-order valence-electron chi connectivity index (χ4n) is 3.96. The number of hydrogen-bond acceptors (Lipinski definition) is 4. The Bertz CT molecular complexity index is 1120. The standard InChI is InChI=1S/C22H20F5N3O3/c1-4-12-13(5-6-14(23)17(12)24)16-10(2)21(3,22(25,26)27)33-18(16)20(32)30-11-7-8-29-15(9-11)19(28)31/h4-10,16,18H,1H2,2-3H3,(H2,28,31)(H,29,30,32)/t10-,16+,18-,21-/m0/s1. The van der Waals surface area contributed by atoms with Crippen LogP contribution in [0.1, 0.15) is 41.4 Å². The number of primary amides is 1. The summed E-state index contributed by atoms with van der Waals surface area (Å²) >= 11 is 0. The predicted molar refractivity (Wildman–Crippen MR) is 109 cm³/mol. The van der Waals surface area contributed by atoms with Gasteiger partial charge in [0.05, 0.1) is 0 Å². The molecule has 2 heterocycles. The van der Waals surface area contributed by atoms with E-state index in [-0.39, 0.29) is 22.5 Å². The number of nitrogens with zero attached hydrogens (tertiary/aromatic N) is 1. The van der Waals surface area contributed by atoms with Crippen molar-refractivity contribution in [2.24, 2.45) is 11.7 Å². The van der Waals surface area contributed by atoms with Gasteiger partial charge in [-0.2, -0.15) is 13.2 Å². The summed E-state index contributed by atoms with van der Waals surface area (Å²) in [6.07, 6.45) is -4.46. The maximum Gasteiger partial charge on any atom is 0.417 e. The number of carbonyl (C=O) groups is 2. The van der Waals surface area contributed by atoms with E-state index >= 15 is 0 Å². The molecule has 6 nitrogen and oxygen atoms in total. The zero-order valence-electron chi connectivity index (χ0n) is 17.5. The summed E-state index contributed by atoms with van der Waals surface area (Å²) in [5, 5.41) is 2.38. The summed E-state index contributed by atoms with van der Waals surface area (Å²) in [5.41, 5.74) is 1.83. The summed E-state index contributed by atoms with van der Waals surface area (Å²) in [7, 11) is 0. The highest BCUT2D eigenvalue weighted by molar-refractivity contribution is 5.97. The summed E-state index contributed by atoms with van der Waals surface area (Å²) in [6.45, 7) is 5.43. The van der Waals surface area contributed by atoms with Crippen LogP contribution in [-0.4, -0.2) is 34.7 Å². The van der Waals surface area contributed by atoms with Crippen LogP contribution in [0.3, 0.4) is 0 Å². The van der Waals surface area contributed by atoms with Crippen molar-refractivity contribution in [1.29, 1.82) is 0 Å². The number of pyridine rings is 1. The van der Waals surface area contributed by atoms with Gasteiger partial charge in [0, 0.05) is 29.3 Å². The Morgan fingerprint density at radius 1 is 1.27 bits per heavy atom. The molecule has 3 rings (SSSR count). The van der Waals surface area contributed by atoms with Crippen LogP contribution in [0.2, 0.25) is 0 Å². The number of halogens is 5. The van der Waals surface area contributed by atoms with Crippen molar-refractivity contribution in [3.63, 3.8) is 0 Å². The zero-order valence-corrected chi connectivity index (χ0v) is 17.5. The SMILES string of the molecule is C=Cc1c([C@@H]2[C@@H](C(=O)Nc3ccnc(C(N)=O)c3)O[C@](C)(C(F)(F)F)[C@H]2C)ccc(F)c1F. The Kier molecular flexibility index (Phi) is 6.29. The Balaban J connectivity index is 2.08. The molecule has 0 radical (unpaired) electrons. The molecule has 33 heavy (non-hydrogen) atoms. The van der Waals surface area contributed by atoms with E-state index in [0.29, 0.717) is 0 Å². The number of ether oxygens (including phenoxy) is 1. The first-order valence-corrected chi connectivity index (χ1v) is 9.73. The van der Waals surface area contributed by atoms with Crippen molar-refractivity contribution < 1.29 is 36.3 Å². The first kappa shape index (κ1) is 24.3. The Morgan fingerprint density at radius 2 is 1.94 bits per heavy atom. The molecule has 176 valence electrons. The lowest BCUT2D eigenvalue weighted by atomic mass is 9.75. The normalized spacial score (nSPS) is 25.0. The number of nitrogens with two attached hydrogens (primary N) is 1. The number of anilines is 1. The van der Waals surface area contributed by atoms with E-state index < -0.39 is 53.2 Å². The fraction of sp³-hybridized carbons (Fsp3) is 0.318. The minimum absolute atomic E-state index is 0.0358. The molecule has 0 bridgehead atoms. The van der Waals surface area contributed by atoms with Crippen LogP contribution in [0.5, 0.6) is 0 Å². The van der Waals surface area contributed by atoms with Crippen molar-refractivity contribution in [3.05, 3.63) is 65.5 Å². The van der Waals surface area contributed by atoms with Gasteiger partial charge in [-0.25, -0.2) is 8.78 Å². The van der Waals surface area contributed by atoms with Crippen molar-refractivity contribution in [1.82, 2.24) is 4.98 Å². The van der Waals surface area contributed by atoms with Crippen LogP contribution >= 0.6 is 0 Å². The zero-order chi connectivity index (χ0) is 24.7. The predicted octanol–water partition coefficient (Wildman–Crippen LogP) is 4.18. The molecule has 1 aliphatic heterocycles. The number of benzene rings is 1. The van der Waals surface area contributed by atoms with E-state index in [0.717, 1.165) is 31.2 Å². The average molecular weight is 469 g/mol. The smallest absolute Gasteiger partial charge is 0.364 e. The van der Waals surface area contributed by atoms with Crippen molar-refractivity contribution >= 4 is 23.6 Å². The van der Waals surface area contributed by atoms with E-state index in [1.165, 1.54) is 19.2 Å². The van der Waals surface area contributed by atoms with E-state index in [2.05, 4.69) is 16.9 Å². The molecule has 2 amide bonds. The highest BCUT2D eigenvalue weighted by atomic mass is 19.4. The van der Waals surface area contributed by atoms with E-state index in [9.17, 15) is 31.5 Å². The maximum absolute atomic E-state index is 14.4. The molecule has 3 N–H and O–H groups in total. The number of nitrogens with one attached hydrogen (secondary N) is 1. The lowest BCUT2D eigenvalue weighted by Gasteiger charge is -2.32. The first-order chi connectivity index (χ1) is 15.3. The van der Waals surface area contributed by atoms with E-state index in [1.54, 1.807) is 0 Å². The second kappa shape index (κ2) is 8.54. The third-order valence-electron chi connectivity index (χ3n) is 5.94. The van der Waals surface area contributed by atoms with Crippen molar-refractivity contribution in [2.45, 2.75) is 37.6 Å². The Morgan fingerprint density at radius 3 is 2.52 bits per heavy atom. The van der Waals surface area contributed by atoms with Gasteiger partial charge in [-0.1, -0.05) is 25.6 Å².